The van der Waals surface area contributed by atoms with Crippen molar-refractivity contribution < 1.29 is 27.8 Å². The van der Waals surface area contributed by atoms with Crippen LogP contribution in [0.2, 0.25) is 0 Å². The second-order valence-electron chi connectivity index (χ2n) is 3.70. The van der Waals surface area contributed by atoms with Crippen molar-refractivity contribution in [1.82, 2.24) is 0 Å². The lowest BCUT2D eigenvalue weighted by Crippen LogP contribution is -2.11. The molecule has 0 heterocycles. The van der Waals surface area contributed by atoms with Gasteiger partial charge in [0.15, 0.2) is 11.6 Å². The van der Waals surface area contributed by atoms with Crippen LogP contribution in [0.1, 0.15) is 16.8 Å². The van der Waals surface area contributed by atoms with E-state index in [2.05, 4.69) is 0 Å². The predicted molar refractivity (Wildman–Crippen MR) is 64.0 cm³/mol. The van der Waals surface area contributed by atoms with Crippen LogP contribution < -0.4 is 0 Å². The van der Waals surface area contributed by atoms with E-state index < -0.39 is 23.2 Å². The minimum absolute atomic E-state index is 0.0851. The standard InChI is InChI=1S/C13H16F2O4/c1-17-8-9-18-6-3-7-19-13(16)10-4-2-5-11(14)12(10)15/h2,4-5H,3,6-9H2,1H3. The number of carbonyl (C=O) groups excluding carboxylic acids is 1. The largest absolute Gasteiger partial charge is 0.462 e. The van der Waals surface area contributed by atoms with E-state index in [1.165, 1.54) is 12.1 Å². The third kappa shape index (κ3) is 5.32. The molecule has 0 unspecified atom stereocenters. The molecular weight excluding hydrogens is 258 g/mol. The van der Waals surface area contributed by atoms with Gasteiger partial charge in [0.1, 0.15) is 0 Å². The highest BCUT2D eigenvalue weighted by atomic mass is 19.2. The van der Waals surface area contributed by atoms with Crippen molar-refractivity contribution in [1.29, 1.82) is 0 Å². The summed E-state index contributed by atoms with van der Waals surface area (Å²) < 4.78 is 40.9. The van der Waals surface area contributed by atoms with Gasteiger partial charge in [-0.1, -0.05) is 6.07 Å². The van der Waals surface area contributed by atoms with Crippen LogP contribution in [0.5, 0.6) is 0 Å². The summed E-state index contributed by atoms with van der Waals surface area (Å²) in [5.74, 6) is -3.14. The summed E-state index contributed by atoms with van der Waals surface area (Å²) in [5, 5.41) is 0. The molecule has 0 aromatic heterocycles. The molecule has 0 aliphatic carbocycles. The minimum atomic E-state index is -1.19. The Morgan fingerprint density at radius 2 is 1.95 bits per heavy atom. The number of methoxy groups -OCH3 is 1. The summed E-state index contributed by atoms with van der Waals surface area (Å²) in [6.45, 7) is 1.45. The Kier molecular flexibility index (Phi) is 6.99. The first-order chi connectivity index (χ1) is 9.16. The monoisotopic (exact) mass is 274 g/mol. The quantitative estimate of drug-likeness (QED) is 0.538. The van der Waals surface area contributed by atoms with E-state index in [1.54, 1.807) is 7.11 Å². The third-order valence-corrected chi connectivity index (χ3v) is 2.27. The Morgan fingerprint density at radius 3 is 2.68 bits per heavy atom. The van der Waals surface area contributed by atoms with Crippen LogP contribution in [0.3, 0.4) is 0 Å². The fraction of sp³-hybridized carbons (Fsp3) is 0.462. The lowest BCUT2D eigenvalue weighted by molar-refractivity contribution is 0.0381. The zero-order valence-electron chi connectivity index (χ0n) is 10.7. The Balaban J connectivity index is 2.26. The molecule has 0 saturated carbocycles. The topological polar surface area (TPSA) is 44.8 Å². The van der Waals surface area contributed by atoms with Crippen LogP contribution in [-0.2, 0) is 14.2 Å². The maximum Gasteiger partial charge on any atom is 0.341 e. The van der Waals surface area contributed by atoms with Gasteiger partial charge in [0.25, 0.3) is 0 Å². The van der Waals surface area contributed by atoms with E-state index in [-0.39, 0.29) is 6.61 Å². The maximum atomic E-state index is 13.3. The number of halogens is 2. The molecule has 106 valence electrons. The Hall–Kier alpha value is -1.53. The molecule has 0 fully saturated rings. The molecule has 1 rings (SSSR count). The lowest BCUT2D eigenvalue weighted by atomic mass is 10.2. The van der Waals surface area contributed by atoms with Gasteiger partial charge in [0.2, 0.25) is 0 Å². The van der Waals surface area contributed by atoms with Crippen LogP contribution >= 0.6 is 0 Å². The van der Waals surface area contributed by atoms with Crippen molar-refractivity contribution in [2.75, 3.05) is 33.5 Å². The van der Waals surface area contributed by atoms with E-state index in [9.17, 15) is 13.6 Å². The number of carbonyl (C=O) groups is 1. The number of esters is 1. The molecule has 4 nitrogen and oxygen atoms in total. The van der Waals surface area contributed by atoms with Crippen LogP contribution in [0.15, 0.2) is 18.2 Å². The first kappa shape index (κ1) is 15.5. The summed E-state index contributed by atoms with van der Waals surface area (Å²) in [6.07, 6.45) is 0.479. The van der Waals surface area contributed by atoms with Crippen LogP contribution in [-0.4, -0.2) is 39.5 Å². The summed E-state index contributed by atoms with van der Waals surface area (Å²) in [7, 11) is 1.57. The summed E-state index contributed by atoms with van der Waals surface area (Å²) >= 11 is 0. The van der Waals surface area contributed by atoms with Gasteiger partial charge in [-0.2, -0.15) is 0 Å². The van der Waals surface area contributed by atoms with Gasteiger partial charge in [0, 0.05) is 20.1 Å². The Morgan fingerprint density at radius 1 is 1.16 bits per heavy atom. The number of hydrogen-bond acceptors (Lipinski definition) is 4. The zero-order valence-corrected chi connectivity index (χ0v) is 10.7. The molecule has 0 N–H and O–H groups in total. The predicted octanol–water partition coefficient (Wildman–Crippen LogP) is 2.17. The number of benzene rings is 1. The van der Waals surface area contributed by atoms with Crippen LogP contribution in [0, 0.1) is 11.6 Å². The van der Waals surface area contributed by atoms with Crippen LogP contribution in [0.25, 0.3) is 0 Å². The van der Waals surface area contributed by atoms with Crippen molar-refractivity contribution in [3.05, 3.63) is 35.4 Å². The van der Waals surface area contributed by atoms with Crippen molar-refractivity contribution in [2.24, 2.45) is 0 Å². The van der Waals surface area contributed by atoms with Gasteiger partial charge in [-0.25, -0.2) is 13.6 Å². The molecule has 0 saturated heterocycles. The fourth-order valence-corrected chi connectivity index (χ4v) is 1.31. The van der Waals surface area contributed by atoms with Crippen LogP contribution in [0.4, 0.5) is 8.78 Å². The Labute approximate surface area is 110 Å². The van der Waals surface area contributed by atoms with Gasteiger partial charge in [0.05, 0.1) is 25.4 Å². The molecule has 1 aromatic rings. The normalized spacial score (nSPS) is 10.5. The molecule has 0 radical (unpaired) electrons. The second kappa shape index (κ2) is 8.55. The molecular formula is C13H16F2O4. The van der Waals surface area contributed by atoms with E-state index in [0.717, 1.165) is 6.07 Å². The molecule has 0 aliphatic heterocycles. The molecule has 0 spiro atoms. The van der Waals surface area contributed by atoms with Crippen molar-refractivity contribution in [3.63, 3.8) is 0 Å². The minimum Gasteiger partial charge on any atom is -0.462 e. The molecule has 19 heavy (non-hydrogen) atoms. The fourth-order valence-electron chi connectivity index (χ4n) is 1.31. The van der Waals surface area contributed by atoms with Gasteiger partial charge >= 0.3 is 5.97 Å². The summed E-state index contributed by atoms with van der Waals surface area (Å²) in [6, 6.07) is 3.37. The summed E-state index contributed by atoms with van der Waals surface area (Å²) in [5.41, 5.74) is -0.402. The Bertz CT molecular complexity index is 410. The van der Waals surface area contributed by atoms with Gasteiger partial charge in [-0.15, -0.1) is 0 Å². The lowest BCUT2D eigenvalue weighted by Gasteiger charge is -2.06. The highest BCUT2D eigenvalue weighted by Crippen LogP contribution is 2.12. The number of ether oxygens (including phenoxy) is 3. The van der Waals surface area contributed by atoms with Crippen molar-refractivity contribution >= 4 is 5.97 Å². The second-order valence-corrected chi connectivity index (χ2v) is 3.70. The molecule has 0 aliphatic rings. The maximum absolute atomic E-state index is 13.3. The zero-order chi connectivity index (χ0) is 14.1. The number of rotatable bonds is 8. The van der Waals surface area contributed by atoms with Gasteiger partial charge in [-0.05, 0) is 12.1 Å². The smallest absolute Gasteiger partial charge is 0.341 e. The molecule has 6 heteroatoms. The molecule has 1 aromatic carbocycles. The van der Waals surface area contributed by atoms with Crippen molar-refractivity contribution in [2.45, 2.75) is 6.42 Å². The first-order valence-electron chi connectivity index (χ1n) is 5.84. The van der Waals surface area contributed by atoms with Gasteiger partial charge < -0.3 is 14.2 Å². The highest BCUT2D eigenvalue weighted by Gasteiger charge is 2.15. The molecule has 0 atom stereocenters. The molecule has 0 bridgehead atoms. The SMILES string of the molecule is COCCOCCCOC(=O)c1cccc(F)c1F. The van der Waals surface area contributed by atoms with E-state index >= 15 is 0 Å². The van der Waals surface area contributed by atoms with E-state index in [1.807, 2.05) is 0 Å². The first-order valence-corrected chi connectivity index (χ1v) is 5.84. The average molecular weight is 274 g/mol. The van der Waals surface area contributed by atoms with Crippen molar-refractivity contribution in [3.8, 4) is 0 Å². The van der Waals surface area contributed by atoms with E-state index in [0.29, 0.717) is 26.2 Å². The highest BCUT2D eigenvalue weighted by molar-refractivity contribution is 5.89. The summed E-state index contributed by atoms with van der Waals surface area (Å²) in [4.78, 5) is 11.5. The number of hydrogen-bond donors (Lipinski definition) is 0. The third-order valence-electron chi connectivity index (χ3n) is 2.27. The van der Waals surface area contributed by atoms with E-state index in [4.69, 9.17) is 14.2 Å². The van der Waals surface area contributed by atoms with Gasteiger partial charge in [-0.3, -0.25) is 0 Å². The average Bonchev–Trinajstić information content (AvgIpc) is 2.40. The molecule has 0 amide bonds.